The zero-order chi connectivity index (χ0) is 16.5. The highest BCUT2D eigenvalue weighted by Crippen LogP contribution is 2.32. The summed E-state index contributed by atoms with van der Waals surface area (Å²) in [4.78, 5) is 7.43. The topological polar surface area (TPSA) is 69.2 Å². The zero-order valence-electron chi connectivity index (χ0n) is 11.5. The first-order chi connectivity index (χ1) is 10.1. The quantitative estimate of drug-likeness (QED) is 0.808. The molecule has 0 bridgehead atoms. The zero-order valence-corrected chi connectivity index (χ0v) is 12.4. The number of rotatable bonds is 3. The van der Waals surface area contributed by atoms with E-state index in [9.17, 15) is 21.6 Å². The number of aryl methyl sites for hydroxylation is 1. The summed E-state index contributed by atoms with van der Waals surface area (Å²) in [6.07, 6.45) is -3.57. The number of sulfone groups is 1. The van der Waals surface area contributed by atoms with Crippen LogP contribution in [0.5, 0.6) is 11.6 Å². The third-order valence-corrected chi connectivity index (χ3v) is 3.37. The minimum Gasteiger partial charge on any atom is -0.439 e. The Morgan fingerprint density at radius 3 is 2.41 bits per heavy atom. The summed E-state index contributed by atoms with van der Waals surface area (Å²) in [5.74, 6) is -0.250. The minimum atomic E-state index is -4.50. The Kier molecular flexibility index (Phi) is 4.10. The molecule has 0 aliphatic carbocycles. The van der Waals surface area contributed by atoms with Gasteiger partial charge < -0.3 is 4.74 Å². The van der Waals surface area contributed by atoms with Gasteiger partial charge in [0.15, 0.2) is 0 Å². The van der Waals surface area contributed by atoms with Crippen LogP contribution in [-0.2, 0) is 16.0 Å². The van der Waals surface area contributed by atoms with Gasteiger partial charge in [-0.05, 0) is 25.1 Å². The molecule has 22 heavy (non-hydrogen) atoms. The van der Waals surface area contributed by atoms with Crippen LogP contribution in [0.1, 0.15) is 11.3 Å². The Labute approximate surface area is 124 Å². The van der Waals surface area contributed by atoms with E-state index < -0.39 is 26.7 Å². The first kappa shape index (κ1) is 16.2. The van der Waals surface area contributed by atoms with Crippen molar-refractivity contribution in [1.29, 1.82) is 0 Å². The number of hydrogen-bond acceptors (Lipinski definition) is 5. The van der Waals surface area contributed by atoms with Crippen LogP contribution in [0.4, 0.5) is 13.2 Å². The van der Waals surface area contributed by atoms with Crippen molar-refractivity contribution in [3.05, 3.63) is 41.6 Å². The van der Waals surface area contributed by atoms with E-state index >= 15 is 0 Å². The molecule has 2 rings (SSSR count). The van der Waals surface area contributed by atoms with Crippen molar-refractivity contribution in [3.8, 4) is 11.6 Å². The maximum atomic E-state index is 12.6. The van der Waals surface area contributed by atoms with Crippen molar-refractivity contribution in [2.45, 2.75) is 18.3 Å². The van der Waals surface area contributed by atoms with Crippen LogP contribution >= 0.6 is 0 Å². The predicted molar refractivity (Wildman–Crippen MR) is 71.4 cm³/mol. The number of halogens is 3. The molecule has 0 saturated carbocycles. The molecule has 1 heterocycles. The molecule has 0 radical (unpaired) electrons. The van der Waals surface area contributed by atoms with Gasteiger partial charge >= 0.3 is 6.18 Å². The Morgan fingerprint density at radius 1 is 1.14 bits per heavy atom. The van der Waals surface area contributed by atoms with Crippen molar-refractivity contribution < 1.29 is 26.3 Å². The van der Waals surface area contributed by atoms with Gasteiger partial charge in [-0.2, -0.15) is 18.2 Å². The van der Waals surface area contributed by atoms with Crippen LogP contribution in [0, 0.1) is 6.92 Å². The van der Waals surface area contributed by atoms with Gasteiger partial charge in [0.1, 0.15) is 5.75 Å². The highest BCUT2D eigenvalue weighted by atomic mass is 32.2. The summed E-state index contributed by atoms with van der Waals surface area (Å²) < 4.78 is 66.0. The van der Waals surface area contributed by atoms with E-state index in [2.05, 4.69) is 9.97 Å². The number of alkyl halides is 3. The molecular weight excluding hydrogens is 321 g/mol. The summed E-state index contributed by atoms with van der Waals surface area (Å²) >= 11 is 0. The first-order valence-electron chi connectivity index (χ1n) is 5.96. The van der Waals surface area contributed by atoms with E-state index in [0.29, 0.717) is 5.69 Å². The van der Waals surface area contributed by atoms with Gasteiger partial charge in [-0.25, -0.2) is 13.4 Å². The highest BCUT2D eigenvalue weighted by Gasteiger charge is 2.30. The van der Waals surface area contributed by atoms with E-state index in [1.165, 1.54) is 25.1 Å². The molecule has 2 aromatic rings. The Balaban J connectivity index is 2.38. The van der Waals surface area contributed by atoms with Crippen LogP contribution in [0.25, 0.3) is 0 Å². The number of benzene rings is 1. The van der Waals surface area contributed by atoms with E-state index in [-0.39, 0.29) is 11.6 Å². The third kappa shape index (κ3) is 3.94. The average molecular weight is 332 g/mol. The van der Waals surface area contributed by atoms with Crippen LogP contribution in [-0.4, -0.2) is 24.6 Å². The summed E-state index contributed by atoms with van der Waals surface area (Å²) in [6, 6.07) is 5.53. The van der Waals surface area contributed by atoms with Crippen molar-refractivity contribution in [3.63, 3.8) is 0 Å². The van der Waals surface area contributed by atoms with Crippen LogP contribution in [0.3, 0.4) is 0 Å². The molecule has 0 amide bonds. The number of hydrogen-bond donors (Lipinski definition) is 0. The molecule has 0 unspecified atom stereocenters. The van der Waals surface area contributed by atoms with Crippen molar-refractivity contribution in [2.75, 3.05) is 6.26 Å². The maximum Gasteiger partial charge on any atom is 0.416 e. The second-order valence-electron chi connectivity index (χ2n) is 4.53. The molecule has 0 aliphatic rings. The fourth-order valence-corrected chi connectivity index (χ4v) is 2.15. The van der Waals surface area contributed by atoms with Gasteiger partial charge in [0.05, 0.1) is 5.56 Å². The first-order valence-corrected chi connectivity index (χ1v) is 7.86. The third-order valence-electron chi connectivity index (χ3n) is 2.53. The largest absolute Gasteiger partial charge is 0.439 e. The van der Waals surface area contributed by atoms with E-state index in [0.717, 1.165) is 18.4 Å². The fraction of sp³-hybridized carbons (Fsp3) is 0.231. The van der Waals surface area contributed by atoms with Crippen molar-refractivity contribution >= 4 is 9.84 Å². The molecular formula is C13H11F3N2O3S. The van der Waals surface area contributed by atoms with Gasteiger partial charge in [-0.1, -0.05) is 6.07 Å². The lowest BCUT2D eigenvalue weighted by atomic mass is 10.2. The monoisotopic (exact) mass is 332 g/mol. The van der Waals surface area contributed by atoms with E-state index in [1.54, 1.807) is 0 Å². The Hall–Kier alpha value is -2.16. The number of ether oxygens (including phenoxy) is 1. The van der Waals surface area contributed by atoms with Gasteiger partial charge in [0.2, 0.25) is 20.9 Å². The average Bonchev–Trinajstić information content (AvgIpc) is 2.36. The van der Waals surface area contributed by atoms with Crippen molar-refractivity contribution in [1.82, 2.24) is 9.97 Å². The molecule has 5 nitrogen and oxygen atoms in total. The molecule has 9 heteroatoms. The standard InChI is InChI=1S/C13H11F3N2O3S/c1-8-6-11(18-12(17-8)22(2,19)20)21-10-5-3-4-9(7-10)13(14,15)16/h3-7H,1-2H3. The highest BCUT2D eigenvalue weighted by molar-refractivity contribution is 7.90. The number of aromatic nitrogens is 2. The van der Waals surface area contributed by atoms with Crippen LogP contribution < -0.4 is 4.74 Å². The minimum absolute atomic E-state index is 0.104. The fourth-order valence-electron chi connectivity index (χ4n) is 1.59. The molecule has 0 spiro atoms. The molecule has 0 saturated heterocycles. The van der Waals surface area contributed by atoms with Crippen LogP contribution in [0.15, 0.2) is 35.5 Å². The lowest BCUT2D eigenvalue weighted by Gasteiger charge is -2.10. The van der Waals surface area contributed by atoms with E-state index in [4.69, 9.17) is 4.74 Å². The van der Waals surface area contributed by atoms with Gasteiger partial charge in [0, 0.05) is 18.0 Å². The lowest BCUT2D eigenvalue weighted by Crippen LogP contribution is -2.07. The molecule has 1 aromatic heterocycles. The lowest BCUT2D eigenvalue weighted by molar-refractivity contribution is -0.137. The van der Waals surface area contributed by atoms with Crippen molar-refractivity contribution in [2.24, 2.45) is 0 Å². The smallest absolute Gasteiger partial charge is 0.416 e. The molecule has 1 aromatic carbocycles. The summed E-state index contributed by atoms with van der Waals surface area (Å²) in [7, 11) is -3.65. The molecule has 0 atom stereocenters. The summed E-state index contributed by atoms with van der Waals surface area (Å²) in [6.45, 7) is 1.52. The van der Waals surface area contributed by atoms with E-state index in [1.807, 2.05) is 0 Å². The summed E-state index contributed by atoms with van der Waals surface area (Å²) in [5.41, 5.74) is -0.559. The molecule has 118 valence electrons. The van der Waals surface area contributed by atoms with Gasteiger partial charge in [-0.15, -0.1) is 0 Å². The van der Waals surface area contributed by atoms with Crippen LogP contribution in [0.2, 0.25) is 0 Å². The molecule has 0 fully saturated rings. The van der Waals surface area contributed by atoms with Gasteiger partial charge in [-0.3, -0.25) is 0 Å². The number of nitrogens with zero attached hydrogens (tertiary/aromatic N) is 2. The molecule has 0 N–H and O–H groups in total. The van der Waals surface area contributed by atoms with Gasteiger partial charge in [0.25, 0.3) is 0 Å². The predicted octanol–water partition coefficient (Wildman–Crippen LogP) is 3.00. The normalized spacial score (nSPS) is 12.2. The second-order valence-corrected chi connectivity index (χ2v) is 6.44. The SMILES string of the molecule is Cc1cc(Oc2cccc(C(F)(F)F)c2)nc(S(C)(=O)=O)n1. The Bertz CT molecular complexity index is 804. The maximum absolute atomic E-state index is 12.6. The molecule has 0 aliphatic heterocycles. The summed E-state index contributed by atoms with van der Waals surface area (Å²) in [5, 5.41) is -0.450. The Morgan fingerprint density at radius 2 is 1.82 bits per heavy atom. The second kappa shape index (κ2) is 5.56.